The van der Waals surface area contributed by atoms with Crippen LogP contribution >= 0.6 is 0 Å². The molecule has 0 aliphatic heterocycles. The maximum atomic E-state index is 13.3. The number of hydrogen-bond donors (Lipinski definition) is 0. The van der Waals surface area contributed by atoms with Crippen molar-refractivity contribution in [1.82, 2.24) is 14.8 Å². The first kappa shape index (κ1) is 9.83. The van der Waals surface area contributed by atoms with Gasteiger partial charge in [0.05, 0.1) is 11.4 Å². The van der Waals surface area contributed by atoms with Crippen LogP contribution in [-0.2, 0) is 7.05 Å². The van der Waals surface area contributed by atoms with Gasteiger partial charge < -0.3 is 0 Å². The highest BCUT2D eigenvalue weighted by Gasteiger charge is 2.08. The van der Waals surface area contributed by atoms with Crippen molar-refractivity contribution in [1.29, 1.82) is 0 Å². The van der Waals surface area contributed by atoms with Crippen LogP contribution < -0.4 is 0 Å². The minimum atomic E-state index is -0.282. The van der Waals surface area contributed by atoms with Crippen LogP contribution in [0.2, 0.25) is 0 Å². The molecule has 0 fully saturated rings. The van der Waals surface area contributed by atoms with E-state index in [1.54, 1.807) is 17.8 Å². The molecule has 0 aromatic carbocycles. The molecule has 2 heterocycles. The molecule has 0 aliphatic carbocycles. The SMILES string of the molecule is Cc1ncc(-c2cn(C)nc2C)cc1F. The average Bonchev–Trinajstić information content (AvgIpc) is 2.50. The second-order valence-corrected chi connectivity index (χ2v) is 3.59. The first-order chi connectivity index (χ1) is 7.08. The van der Waals surface area contributed by atoms with Crippen LogP contribution in [0.3, 0.4) is 0 Å². The molecule has 2 aromatic heterocycles. The maximum absolute atomic E-state index is 13.3. The molecule has 0 saturated heterocycles. The lowest BCUT2D eigenvalue weighted by atomic mass is 10.1. The lowest BCUT2D eigenvalue weighted by Gasteiger charge is -2.00. The Morgan fingerprint density at radius 1 is 1.27 bits per heavy atom. The fourth-order valence-corrected chi connectivity index (χ4v) is 1.54. The number of aryl methyl sites for hydroxylation is 3. The summed E-state index contributed by atoms with van der Waals surface area (Å²) in [7, 11) is 1.84. The van der Waals surface area contributed by atoms with Gasteiger partial charge in [-0.2, -0.15) is 5.10 Å². The number of hydrogen-bond acceptors (Lipinski definition) is 2. The molecule has 3 nitrogen and oxygen atoms in total. The summed E-state index contributed by atoms with van der Waals surface area (Å²) in [6, 6.07) is 1.49. The van der Waals surface area contributed by atoms with Gasteiger partial charge in [-0.05, 0) is 19.9 Å². The molecule has 0 spiro atoms. The Kier molecular flexibility index (Phi) is 2.26. The summed E-state index contributed by atoms with van der Waals surface area (Å²) in [5.41, 5.74) is 2.98. The Hall–Kier alpha value is -1.71. The minimum Gasteiger partial charge on any atom is -0.275 e. The van der Waals surface area contributed by atoms with Gasteiger partial charge in [0.2, 0.25) is 0 Å². The van der Waals surface area contributed by atoms with Crippen molar-refractivity contribution in [2.24, 2.45) is 7.05 Å². The van der Waals surface area contributed by atoms with E-state index in [-0.39, 0.29) is 5.82 Å². The quantitative estimate of drug-likeness (QED) is 0.714. The summed E-state index contributed by atoms with van der Waals surface area (Å²) >= 11 is 0. The van der Waals surface area contributed by atoms with E-state index in [4.69, 9.17) is 0 Å². The third kappa shape index (κ3) is 1.75. The van der Waals surface area contributed by atoms with E-state index in [0.29, 0.717) is 5.69 Å². The molecule has 4 heteroatoms. The number of rotatable bonds is 1. The van der Waals surface area contributed by atoms with E-state index < -0.39 is 0 Å². The fourth-order valence-electron chi connectivity index (χ4n) is 1.54. The molecule has 0 unspecified atom stereocenters. The fraction of sp³-hybridized carbons (Fsp3) is 0.273. The Morgan fingerprint density at radius 3 is 2.53 bits per heavy atom. The van der Waals surface area contributed by atoms with Gasteiger partial charge in [0.1, 0.15) is 5.82 Å². The van der Waals surface area contributed by atoms with Crippen LogP contribution in [0.4, 0.5) is 4.39 Å². The van der Waals surface area contributed by atoms with Gasteiger partial charge >= 0.3 is 0 Å². The van der Waals surface area contributed by atoms with Crippen molar-refractivity contribution >= 4 is 0 Å². The molecule has 0 aliphatic rings. The van der Waals surface area contributed by atoms with Gasteiger partial charge in [-0.15, -0.1) is 0 Å². The molecule has 0 N–H and O–H groups in total. The normalized spacial score (nSPS) is 10.7. The Labute approximate surface area is 87.6 Å². The zero-order chi connectivity index (χ0) is 11.0. The number of aromatic nitrogens is 3. The van der Waals surface area contributed by atoms with Crippen LogP contribution in [0.5, 0.6) is 0 Å². The van der Waals surface area contributed by atoms with Gasteiger partial charge in [-0.25, -0.2) is 4.39 Å². The Bertz CT molecular complexity index is 503. The Balaban J connectivity index is 2.54. The van der Waals surface area contributed by atoms with Crippen LogP contribution in [0.25, 0.3) is 11.1 Å². The highest BCUT2D eigenvalue weighted by Crippen LogP contribution is 2.22. The summed E-state index contributed by atoms with van der Waals surface area (Å²) in [6.07, 6.45) is 3.53. The molecule has 0 atom stereocenters. The molecule has 0 amide bonds. The molecule has 2 aromatic rings. The first-order valence-corrected chi connectivity index (χ1v) is 4.70. The Morgan fingerprint density at radius 2 is 2.00 bits per heavy atom. The van der Waals surface area contributed by atoms with Crippen LogP contribution in [0, 0.1) is 19.7 Å². The molecule has 2 rings (SSSR count). The van der Waals surface area contributed by atoms with E-state index in [0.717, 1.165) is 16.8 Å². The molecule has 15 heavy (non-hydrogen) atoms. The average molecular weight is 205 g/mol. The van der Waals surface area contributed by atoms with Crippen LogP contribution in [0.15, 0.2) is 18.5 Å². The third-order valence-electron chi connectivity index (χ3n) is 2.35. The van der Waals surface area contributed by atoms with Crippen LogP contribution in [-0.4, -0.2) is 14.8 Å². The largest absolute Gasteiger partial charge is 0.275 e. The van der Waals surface area contributed by atoms with Crippen molar-refractivity contribution in [3.05, 3.63) is 35.7 Å². The molecule has 78 valence electrons. The van der Waals surface area contributed by atoms with E-state index in [2.05, 4.69) is 10.1 Å². The van der Waals surface area contributed by atoms with Crippen molar-refractivity contribution in [3.63, 3.8) is 0 Å². The highest BCUT2D eigenvalue weighted by molar-refractivity contribution is 5.64. The summed E-state index contributed by atoms with van der Waals surface area (Å²) in [4.78, 5) is 3.99. The predicted molar refractivity (Wildman–Crippen MR) is 55.9 cm³/mol. The van der Waals surface area contributed by atoms with E-state index in [9.17, 15) is 4.39 Å². The van der Waals surface area contributed by atoms with Gasteiger partial charge in [-0.3, -0.25) is 9.67 Å². The van der Waals surface area contributed by atoms with Crippen molar-refractivity contribution in [2.75, 3.05) is 0 Å². The highest BCUT2D eigenvalue weighted by atomic mass is 19.1. The summed E-state index contributed by atoms with van der Waals surface area (Å²) < 4.78 is 15.0. The molecular formula is C11H12FN3. The summed E-state index contributed by atoms with van der Waals surface area (Å²) in [5, 5.41) is 4.21. The van der Waals surface area contributed by atoms with Crippen molar-refractivity contribution < 1.29 is 4.39 Å². The van der Waals surface area contributed by atoms with Gasteiger partial charge in [0.25, 0.3) is 0 Å². The topological polar surface area (TPSA) is 30.7 Å². The second-order valence-electron chi connectivity index (χ2n) is 3.59. The standard InChI is InChI=1S/C11H12FN3/c1-7-10(6-15(3)14-7)9-4-11(12)8(2)13-5-9/h4-6H,1-3H3. The number of halogens is 1. The first-order valence-electron chi connectivity index (χ1n) is 4.70. The monoisotopic (exact) mass is 205 g/mol. The molecule has 0 radical (unpaired) electrons. The molecule has 0 saturated carbocycles. The zero-order valence-electron chi connectivity index (χ0n) is 8.95. The van der Waals surface area contributed by atoms with Gasteiger partial charge in [-0.1, -0.05) is 0 Å². The number of nitrogens with zero attached hydrogens (tertiary/aromatic N) is 3. The summed E-state index contributed by atoms with van der Waals surface area (Å²) in [6.45, 7) is 3.54. The van der Waals surface area contributed by atoms with Crippen LogP contribution in [0.1, 0.15) is 11.4 Å². The smallest absolute Gasteiger partial charge is 0.145 e. The van der Waals surface area contributed by atoms with Gasteiger partial charge in [0, 0.05) is 30.6 Å². The lowest BCUT2D eigenvalue weighted by molar-refractivity contribution is 0.610. The molecule has 0 bridgehead atoms. The summed E-state index contributed by atoms with van der Waals surface area (Å²) in [5.74, 6) is -0.282. The number of pyridine rings is 1. The second kappa shape index (κ2) is 3.46. The van der Waals surface area contributed by atoms with E-state index in [1.807, 2.05) is 20.2 Å². The van der Waals surface area contributed by atoms with E-state index in [1.165, 1.54) is 6.07 Å². The van der Waals surface area contributed by atoms with Crippen molar-refractivity contribution in [2.45, 2.75) is 13.8 Å². The maximum Gasteiger partial charge on any atom is 0.145 e. The zero-order valence-corrected chi connectivity index (χ0v) is 8.95. The third-order valence-corrected chi connectivity index (χ3v) is 2.35. The molecular weight excluding hydrogens is 193 g/mol. The lowest BCUT2D eigenvalue weighted by Crippen LogP contribution is -1.89. The van der Waals surface area contributed by atoms with E-state index >= 15 is 0 Å². The predicted octanol–water partition coefficient (Wildman–Crippen LogP) is 2.24. The van der Waals surface area contributed by atoms with Gasteiger partial charge in [0.15, 0.2) is 0 Å². The van der Waals surface area contributed by atoms with Crippen molar-refractivity contribution in [3.8, 4) is 11.1 Å². The minimum absolute atomic E-state index is 0.282.